The molecule has 128 valence electrons. The van der Waals surface area contributed by atoms with E-state index in [0.29, 0.717) is 17.2 Å². The van der Waals surface area contributed by atoms with Gasteiger partial charge >= 0.3 is 0 Å². The fourth-order valence-electron chi connectivity index (χ4n) is 2.46. The maximum atomic E-state index is 12.3. The van der Waals surface area contributed by atoms with Gasteiger partial charge in [-0.2, -0.15) is 9.78 Å². The number of rotatable bonds is 6. The first-order valence-corrected chi connectivity index (χ1v) is 8.06. The van der Waals surface area contributed by atoms with Crippen LogP contribution in [0.2, 0.25) is 0 Å². The van der Waals surface area contributed by atoms with Gasteiger partial charge in [0.2, 0.25) is 5.88 Å². The van der Waals surface area contributed by atoms with Gasteiger partial charge in [-0.05, 0) is 18.4 Å². The lowest BCUT2D eigenvalue weighted by Gasteiger charge is -2.16. The van der Waals surface area contributed by atoms with Crippen molar-refractivity contribution >= 4 is 12.2 Å². The molecule has 0 radical (unpaired) electrons. The van der Waals surface area contributed by atoms with Crippen molar-refractivity contribution in [3.63, 3.8) is 0 Å². The van der Waals surface area contributed by atoms with Gasteiger partial charge in [0.05, 0.1) is 17.3 Å². The Morgan fingerprint density at radius 2 is 2.12 bits per heavy atom. The van der Waals surface area contributed by atoms with Crippen molar-refractivity contribution < 1.29 is 9.90 Å². The lowest BCUT2D eigenvalue weighted by molar-refractivity contribution is -0.126. The third-order valence-corrected chi connectivity index (χ3v) is 4.13. The number of benzene rings is 1. The minimum atomic E-state index is -0.107. The zero-order chi connectivity index (χ0) is 17.8. The predicted octanol–water partition coefficient (Wildman–Crippen LogP) is 2.82. The highest BCUT2D eigenvalue weighted by atomic mass is 16.3. The van der Waals surface area contributed by atoms with Crippen molar-refractivity contribution in [2.75, 3.05) is 7.05 Å². The van der Waals surface area contributed by atoms with Crippen molar-refractivity contribution in [1.82, 2.24) is 14.7 Å². The summed E-state index contributed by atoms with van der Waals surface area (Å²) in [6.45, 7) is 3.67. The molecule has 0 spiro atoms. The van der Waals surface area contributed by atoms with Crippen LogP contribution in [0.4, 0.5) is 0 Å². The molecule has 1 saturated carbocycles. The summed E-state index contributed by atoms with van der Waals surface area (Å²) in [5, 5.41) is 14.4. The van der Waals surface area contributed by atoms with Crippen molar-refractivity contribution in [1.29, 1.82) is 0 Å². The van der Waals surface area contributed by atoms with Crippen LogP contribution in [0.5, 0.6) is 5.88 Å². The molecule has 0 unspecified atom stereocenters. The standard InChI is InChI=1S/C19H20N4O2/c1-3-14(18(24)22(2)16-9-10-16)11-20-13-23-19(25)17(12-21-23)15-7-5-4-6-8-15/h3-8,11-13,16,25H,1,9-10H2,2H3/b14-11+,20-13+. The van der Waals surface area contributed by atoms with Crippen LogP contribution >= 0.6 is 0 Å². The molecule has 0 bridgehead atoms. The Morgan fingerprint density at radius 1 is 1.40 bits per heavy atom. The van der Waals surface area contributed by atoms with E-state index in [2.05, 4.69) is 16.7 Å². The number of aromatic hydroxyl groups is 1. The van der Waals surface area contributed by atoms with Crippen LogP contribution in [-0.2, 0) is 4.79 Å². The second-order valence-electron chi connectivity index (χ2n) is 5.89. The molecule has 6 heteroatoms. The average molecular weight is 336 g/mol. The summed E-state index contributed by atoms with van der Waals surface area (Å²) in [5.41, 5.74) is 1.88. The summed E-state index contributed by atoms with van der Waals surface area (Å²) in [6.07, 6.45) is 7.92. The third-order valence-electron chi connectivity index (χ3n) is 4.13. The van der Waals surface area contributed by atoms with Gasteiger partial charge in [-0.25, -0.2) is 4.99 Å². The fraction of sp³-hybridized carbons (Fsp3) is 0.211. The molecule has 0 aliphatic heterocycles. The van der Waals surface area contributed by atoms with Crippen molar-refractivity contribution in [3.05, 3.63) is 61.0 Å². The Bertz CT molecular complexity index is 832. The zero-order valence-corrected chi connectivity index (χ0v) is 14.0. The molecule has 1 aromatic heterocycles. The van der Waals surface area contributed by atoms with Crippen LogP contribution in [0.15, 0.2) is 65.9 Å². The number of hydrogen-bond donors (Lipinski definition) is 1. The Morgan fingerprint density at radius 3 is 2.76 bits per heavy atom. The van der Waals surface area contributed by atoms with Gasteiger partial charge < -0.3 is 10.0 Å². The minimum absolute atomic E-state index is 0.00933. The van der Waals surface area contributed by atoms with E-state index >= 15 is 0 Å². The molecule has 1 aliphatic carbocycles. The molecule has 6 nitrogen and oxygen atoms in total. The van der Waals surface area contributed by atoms with E-state index in [4.69, 9.17) is 0 Å². The molecular weight excluding hydrogens is 316 g/mol. The van der Waals surface area contributed by atoms with Gasteiger partial charge in [0, 0.05) is 19.3 Å². The average Bonchev–Trinajstić information content (AvgIpc) is 3.42. The summed E-state index contributed by atoms with van der Waals surface area (Å²) in [5.74, 6) is -0.116. The van der Waals surface area contributed by atoms with Gasteiger partial charge in [0.25, 0.3) is 5.91 Å². The van der Waals surface area contributed by atoms with E-state index in [1.54, 1.807) is 18.1 Å². The number of aromatic nitrogens is 2. The van der Waals surface area contributed by atoms with Crippen molar-refractivity contribution in [2.45, 2.75) is 18.9 Å². The summed E-state index contributed by atoms with van der Waals surface area (Å²) >= 11 is 0. The summed E-state index contributed by atoms with van der Waals surface area (Å²) in [7, 11) is 1.78. The molecule has 1 aromatic carbocycles. The fourth-order valence-corrected chi connectivity index (χ4v) is 2.46. The van der Waals surface area contributed by atoms with E-state index in [1.165, 1.54) is 23.3 Å². The van der Waals surface area contributed by atoms with Gasteiger partial charge in [-0.1, -0.05) is 43.0 Å². The number of likely N-dealkylation sites (N-methyl/N-ethyl adjacent to an activating group) is 1. The van der Waals surface area contributed by atoms with Gasteiger partial charge in [-0.3, -0.25) is 4.79 Å². The summed E-state index contributed by atoms with van der Waals surface area (Å²) in [4.78, 5) is 18.1. The van der Waals surface area contributed by atoms with E-state index in [0.717, 1.165) is 18.4 Å². The van der Waals surface area contributed by atoms with Gasteiger partial charge in [-0.15, -0.1) is 0 Å². The van der Waals surface area contributed by atoms with Crippen LogP contribution in [0, 0.1) is 0 Å². The van der Waals surface area contributed by atoms with Crippen LogP contribution in [-0.4, -0.2) is 45.1 Å². The molecule has 1 N–H and O–H groups in total. The Labute approximate surface area is 146 Å². The SMILES string of the molecule is C=C/C(=C\N=C\n1ncc(-c2ccccc2)c1O)C(=O)N(C)C1CC1. The molecular formula is C19H20N4O2. The number of hydrogen-bond acceptors (Lipinski definition) is 4. The smallest absolute Gasteiger partial charge is 0.255 e. The number of amides is 1. The maximum absolute atomic E-state index is 12.3. The highest BCUT2D eigenvalue weighted by molar-refractivity contribution is 5.96. The van der Waals surface area contributed by atoms with Crippen molar-refractivity contribution in [2.24, 2.45) is 4.99 Å². The molecule has 3 rings (SSSR count). The summed E-state index contributed by atoms with van der Waals surface area (Å²) < 4.78 is 1.26. The normalized spacial score (nSPS) is 14.7. The lowest BCUT2D eigenvalue weighted by atomic mass is 10.1. The van der Waals surface area contributed by atoms with Crippen LogP contribution in [0.25, 0.3) is 11.1 Å². The monoisotopic (exact) mass is 336 g/mol. The number of carbonyl (C=O) groups is 1. The second kappa shape index (κ2) is 7.17. The number of carbonyl (C=O) groups excluding carboxylic acids is 1. The first-order chi connectivity index (χ1) is 12.1. The van der Waals surface area contributed by atoms with E-state index in [-0.39, 0.29) is 11.8 Å². The lowest BCUT2D eigenvalue weighted by Crippen LogP contribution is -2.29. The van der Waals surface area contributed by atoms with Crippen molar-refractivity contribution in [3.8, 4) is 17.0 Å². The third kappa shape index (κ3) is 3.68. The van der Waals surface area contributed by atoms with Crippen LogP contribution in [0.1, 0.15) is 12.8 Å². The maximum Gasteiger partial charge on any atom is 0.255 e. The molecule has 1 aliphatic rings. The molecule has 1 fully saturated rings. The first-order valence-electron chi connectivity index (χ1n) is 8.06. The first kappa shape index (κ1) is 16.7. The van der Waals surface area contributed by atoms with E-state index < -0.39 is 0 Å². The molecule has 0 saturated heterocycles. The quantitative estimate of drug-likeness (QED) is 0.382. The molecule has 1 heterocycles. The molecule has 2 aromatic rings. The number of aliphatic imine (C=N–C) groups is 1. The van der Waals surface area contributed by atoms with Gasteiger partial charge in [0.15, 0.2) is 0 Å². The van der Waals surface area contributed by atoms with E-state index in [9.17, 15) is 9.90 Å². The Balaban J connectivity index is 1.76. The topological polar surface area (TPSA) is 70.7 Å². The Hall–Kier alpha value is -3.15. The predicted molar refractivity (Wildman–Crippen MR) is 97.3 cm³/mol. The second-order valence-corrected chi connectivity index (χ2v) is 5.89. The van der Waals surface area contributed by atoms with Gasteiger partial charge in [0.1, 0.15) is 6.34 Å². The Kier molecular flexibility index (Phi) is 4.79. The van der Waals surface area contributed by atoms with E-state index in [1.807, 2.05) is 30.3 Å². The zero-order valence-electron chi connectivity index (χ0n) is 14.0. The van der Waals surface area contributed by atoms with Crippen LogP contribution < -0.4 is 0 Å². The highest BCUT2D eigenvalue weighted by Crippen LogP contribution is 2.28. The molecule has 0 atom stereocenters. The largest absolute Gasteiger partial charge is 0.493 e. The molecule has 25 heavy (non-hydrogen) atoms. The molecule has 1 amide bonds. The highest BCUT2D eigenvalue weighted by Gasteiger charge is 2.30. The minimum Gasteiger partial charge on any atom is -0.493 e. The van der Waals surface area contributed by atoms with Crippen LogP contribution in [0.3, 0.4) is 0 Å². The number of nitrogens with zero attached hydrogens (tertiary/aromatic N) is 4. The summed E-state index contributed by atoms with van der Waals surface area (Å²) in [6, 6.07) is 9.79.